The molecule has 124 valence electrons. The minimum Gasteiger partial charge on any atom is -0.337 e. The van der Waals surface area contributed by atoms with Crippen LogP contribution < -0.4 is 10.6 Å². The number of rotatable bonds is 4. The van der Waals surface area contributed by atoms with Gasteiger partial charge in [0.15, 0.2) is 0 Å². The standard InChI is InChI=1S/C20H22N2OS/c23-19(21-14-20(11-12-20)15-6-2-1-3-7-15)22-17-10-13-24-18-9-5-4-8-16(17)18/h1-9,17H,10-14H2,(H2,21,22,23)/t17-/m0/s1. The Morgan fingerprint density at radius 1 is 1.08 bits per heavy atom. The fourth-order valence-electron chi connectivity index (χ4n) is 3.46. The van der Waals surface area contributed by atoms with Crippen molar-refractivity contribution in [1.82, 2.24) is 10.6 Å². The van der Waals surface area contributed by atoms with Gasteiger partial charge in [0.1, 0.15) is 0 Å². The molecule has 2 N–H and O–H groups in total. The number of nitrogens with one attached hydrogen (secondary N) is 2. The van der Waals surface area contributed by atoms with Crippen molar-refractivity contribution in [2.45, 2.75) is 35.6 Å². The summed E-state index contributed by atoms with van der Waals surface area (Å²) in [6.45, 7) is 0.714. The second-order valence-corrected chi connectivity index (χ2v) is 7.84. The predicted octanol–water partition coefficient (Wildman–Crippen LogP) is 4.25. The van der Waals surface area contributed by atoms with E-state index in [9.17, 15) is 4.79 Å². The third-order valence-corrected chi connectivity index (χ3v) is 6.21. The minimum absolute atomic E-state index is 0.0519. The minimum atomic E-state index is -0.0519. The Kier molecular flexibility index (Phi) is 4.23. The van der Waals surface area contributed by atoms with Crippen molar-refractivity contribution in [2.75, 3.05) is 12.3 Å². The summed E-state index contributed by atoms with van der Waals surface area (Å²) in [4.78, 5) is 13.7. The Labute approximate surface area is 147 Å². The molecule has 0 saturated heterocycles. The van der Waals surface area contributed by atoms with Gasteiger partial charge >= 0.3 is 6.03 Å². The first-order valence-corrected chi connectivity index (χ1v) is 9.57. The predicted molar refractivity (Wildman–Crippen MR) is 98.4 cm³/mol. The highest BCUT2D eigenvalue weighted by molar-refractivity contribution is 7.99. The molecule has 2 amide bonds. The van der Waals surface area contributed by atoms with Crippen LogP contribution in [0.5, 0.6) is 0 Å². The number of hydrogen-bond acceptors (Lipinski definition) is 2. The maximum atomic E-state index is 12.4. The first-order valence-electron chi connectivity index (χ1n) is 8.58. The van der Waals surface area contributed by atoms with Gasteiger partial charge in [0.2, 0.25) is 0 Å². The molecule has 3 nitrogen and oxygen atoms in total. The molecule has 0 bridgehead atoms. The van der Waals surface area contributed by atoms with Crippen LogP contribution in [0.25, 0.3) is 0 Å². The molecule has 24 heavy (non-hydrogen) atoms. The maximum absolute atomic E-state index is 12.4. The molecule has 2 aliphatic rings. The molecule has 0 aromatic heterocycles. The molecule has 1 aliphatic carbocycles. The van der Waals surface area contributed by atoms with Crippen molar-refractivity contribution in [2.24, 2.45) is 0 Å². The van der Waals surface area contributed by atoms with Gasteiger partial charge in [-0.2, -0.15) is 0 Å². The molecular weight excluding hydrogens is 316 g/mol. The van der Waals surface area contributed by atoms with Crippen LogP contribution in [-0.2, 0) is 5.41 Å². The van der Waals surface area contributed by atoms with E-state index in [2.05, 4.69) is 53.1 Å². The number of benzene rings is 2. The molecule has 0 radical (unpaired) electrons. The fourth-order valence-corrected chi connectivity index (χ4v) is 4.59. The molecule has 0 spiro atoms. The van der Waals surface area contributed by atoms with E-state index in [1.54, 1.807) is 0 Å². The van der Waals surface area contributed by atoms with E-state index in [0.717, 1.165) is 25.0 Å². The zero-order valence-corrected chi connectivity index (χ0v) is 14.4. The lowest BCUT2D eigenvalue weighted by molar-refractivity contribution is 0.235. The number of carbonyl (C=O) groups is 1. The number of urea groups is 1. The van der Waals surface area contributed by atoms with Crippen molar-refractivity contribution in [3.63, 3.8) is 0 Å². The van der Waals surface area contributed by atoms with E-state index in [1.807, 2.05) is 23.9 Å². The average molecular weight is 338 g/mol. The van der Waals surface area contributed by atoms with E-state index >= 15 is 0 Å². The van der Waals surface area contributed by atoms with Gasteiger partial charge < -0.3 is 10.6 Å². The molecule has 4 heteroatoms. The van der Waals surface area contributed by atoms with Crippen molar-refractivity contribution < 1.29 is 4.79 Å². The topological polar surface area (TPSA) is 41.1 Å². The lowest BCUT2D eigenvalue weighted by Crippen LogP contribution is -2.42. The van der Waals surface area contributed by atoms with Crippen molar-refractivity contribution >= 4 is 17.8 Å². The number of amides is 2. The largest absolute Gasteiger partial charge is 0.337 e. The van der Waals surface area contributed by atoms with Gasteiger partial charge in [-0.1, -0.05) is 48.5 Å². The Hall–Kier alpha value is -1.94. The van der Waals surface area contributed by atoms with Gasteiger partial charge in [-0.05, 0) is 36.5 Å². The summed E-state index contributed by atoms with van der Waals surface area (Å²) in [5, 5.41) is 6.27. The Morgan fingerprint density at radius 3 is 2.62 bits per heavy atom. The average Bonchev–Trinajstić information content (AvgIpc) is 3.42. The fraction of sp³-hybridized carbons (Fsp3) is 0.350. The highest BCUT2D eigenvalue weighted by Gasteiger charge is 2.44. The normalized spacial score (nSPS) is 20.8. The van der Waals surface area contributed by atoms with E-state index in [1.165, 1.54) is 16.0 Å². The first-order chi connectivity index (χ1) is 11.8. The first kappa shape index (κ1) is 15.6. The summed E-state index contributed by atoms with van der Waals surface area (Å²) in [5.41, 5.74) is 2.73. The number of carbonyl (C=O) groups excluding carboxylic acids is 1. The van der Waals surface area contributed by atoms with Crippen LogP contribution in [0, 0.1) is 0 Å². The SMILES string of the molecule is O=C(NCC1(c2ccccc2)CC1)N[C@H]1CCSc2ccccc21. The van der Waals surface area contributed by atoms with Crippen LogP contribution >= 0.6 is 11.8 Å². The molecule has 2 aromatic carbocycles. The quantitative estimate of drug-likeness (QED) is 0.875. The monoisotopic (exact) mass is 338 g/mol. The third kappa shape index (κ3) is 3.16. The van der Waals surface area contributed by atoms with E-state index in [4.69, 9.17) is 0 Å². The number of thioether (sulfide) groups is 1. The summed E-state index contributed by atoms with van der Waals surface area (Å²) in [6, 6.07) is 19.0. The second-order valence-electron chi connectivity index (χ2n) is 6.70. The Balaban J connectivity index is 1.37. The summed E-state index contributed by atoms with van der Waals surface area (Å²) >= 11 is 1.87. The zero-order valence-electron chi connectivity index (χ0n) is 13.6. The lowest BCUT2D eigenvalue weighted by Gasteiger charge is -2.26. The molecule has 2 aromatic rings. The Morgan fingerprint density at radius 2 is 1.83 bits per heavy atom. The van der Waals surface area contributed by atoms with Gasteiger partial charge in [-0.25, -0.2) is 4.79 Å². The van der Waals surface area contributed by atoms with Crippen LogP contribution in [0.3, 0.4) is 0 Å². The van der Waals surface area contributed by atoms with Gasteiger partial charge in [0, 0.05) is 22.6 Å². The number of fused-ring (bicyclic) bond motifs is 1. The van der Waals surface area contributed by atoms with Gasteiger partial charge in [-0.3, -0.25) is 0 Å². The highest BCUT2D eigenvalue weighted by atomic mass is 32.2. The van der Waals surface area contributed by atoms with Crippen LogP contribution in [0.2, 0.25) is 0 Å². The molecule has 0 unspecified atom stereocenters. The Bertz CT molecular complexity index is 727. The second kappa shape index (κ2) is 6.52. The van der Waals surface area contributed by atoms with Gasteiger partial charge in [-0.15, -0.1) is 11.8 Å². The van der Waals surface area contributed by atoms with E-state index in [-0.39, 0.29) is 17.5 Å². The van der Waals surface area contributed by atoms with Crippen LogP contribution in [0.15, 0.2) is 59.5 Å². The number of hydrogen-bond donors (Lipinski definition) is 2. The van der Waals surface area contributed by atoms with E-state index in [0.29, 0.717) is 6.54 Å². The smallest absolute Gasteiger partial charge is 0.315 e. The van der Waals surface area contributed by atoms with E-state index < -0.39 is 0 Å². The van der Waals surface area contributed by atoms with Gasteiger partial charge in [0.05, 0.1) is 6.04 Å². The molecule has 1 aliphatic heterocycles. The summed E-state index contributed by atoms with van der Waals surface area (Å²) in [5.74, 6) is 1.05. The van der Waals surface area contributed by atoms with Gasteiger partial charge in [0.25, 0.3) is 0 Å². The summed E-state index contributed by atoms with van der Waals surface area (Å²) in [6.07, 6.45) is 3.29. The highest BCUT2D eigenvalue weighted by Crippen LogP contribution is 2.47. The van der Waals surface area contributed by atoms with Crippen molar-refractivity contribution in [1.29, 1.82) is 0 Å². The maximum Gasteiger partial charge on any atom is 0.315 e. The molecule has 4 rings (SSSR count). The zero-order chi connectivity index (χ0) is 16.4. The lowest BCUT2D eigenvalue weighted by atomic mass is 9.96. The molecule has 1 saturated carbocycles. The van der Waals surface area contributed by atoms with Crippen LogP contribution in [0.1, 0.15) is 36.4 Å². The molecular formula is C20H22N2OS. The summed E-state index contributed by atoms with van der Waals surface area (Å²) in [7, 11) is 0. The van der Waals surface area contributed by atoms with Crippen molar-refractivity contribution in [3.8, 4) is 0 Å². The van der Waals surface area contributed by atoms with Crippen molar-refractivity contribution in [3.05, 3.63) is 65.7 Å². The van der Waals surface area contributed by atoms with Crippen LogP contribution in [-0.4, -0.2) is 18.3 Å². The van der Waals surface area contributed by atoms with Crippen LogP contribution in [0.4, 0.5) is 4.79 Å². The molecule has 1 fully saturated rings. The molecule has 1 heterocycles. The molecule has 1 atom stereocenters. The third-order valence-electron chi connectivity index (χ3n) is 5.09. The summed E-state index contributed by atoms with van der Waals surface area (Å²) < 4.78 is 0.